The zero-order valence-electron chi connectivity index (χ0n) is 19.0. The minimum atomic E-state index is -0.629. The van der Waals surface area contributed by atoms with Gasteiger partial charge in [-0.15, -0.1) is 11.3 Å². The fraction of sp³-hybridized carbons (Fsp3) is 0.417. The lowest BCUT2D eigenvalue weighted by Gasteiger charge is -2.27. The van der Waals surface area contributed by atoms with Gasteiger partial charge in [0.2, 0.25) is 5.91 Å². The molecule has 2 heterocycles. The lowest BCUT2D eigenvalue weighted by atomic mass is 10.1. The number of halogens is 1. The van der Waals surface area contributed by atoms with Crippen molar-refractivity contribution in [3.8, 4) is 0 Å². The van der Waals surface area contributed by atoms with E-state index in [1.165, 1.54) is 11.3 Å². The van der Waals surface area contributed by atoms with Gasteiger partial charge in [0.1, 0.15) is 10.5 Å². The van der Waals surface area contributed by atoms with Crippen LogP contribution in [0.5, 0.6) is 0 Å². The number of aromatic amines is 1. The Morgan fingerprint density at radius 3 is 2.56 bits per heavy atom. The number of nitrogens with zero attached hydrogens (tertiary/aromatic N) is 1. The first-order chi connectivity index (χ1) is 16.2. The third-order valence-corrected chi connectivity index (χ3v) is 7.00. The molecule has 0 spiro atoms. The summed E-state index contributed by atoms with van der Waals surface area (Å²) in [4.78, 5) is 31.6. The van der Waals surface area contributed by atoms with Gasteiger partial charge in [0, 0.05) is 18.5 Å². The molecule has 1 aliphatic rings. The molecule has 0 bridgehead atoms. The first-order valence-corrected chi connectivity index (χ1v) is 12.4. The number of amides is 2. The van der Waals surface area contributed by atoms with E-state index in [4.69, 9.17) is 11.6 Å². The highest BCUT2D eigenvalue weighted by molar-refractivity contribution is 7.22. The summed E-state index contributed by atoms with van der Waals surface area (Å²) in [5.41, 5.74) is 2.49. The third kappa shape index (κ3) is 5.79. The highest BCUT2D eigenvalue weighted by Crippen LogP contribution is 2.32. The zero-order valence-corrected chi connectivity index (χ0v) is 20.6. The van der Waals surface area contributed by atoms with Crippen molar-refractivity contribution in [2.24, 2.45) is 0 Å². The summed E-state index contributed by atoms with van der Waals surface area (Å²) < 4.78 is 0.655. The minimum Gasteiger partial charge on any atom is -0.392 e. The van der Waals surface area contributed by atoms with Crippen LogP contribution in [0.3, 0.4) is 0 Å². The summed E-state index contributed by atoms with van der Waals surface area (Å²) in [6.07, 6.45) is -0.661. The highest BCUT2D eigenvalue weighted by Gasteiger charge is 2.35. The number of thiophene rings is 1. The van der Waals surface area contributed by atoms with Crippen LogP contribution < -0.4 is 10.6 Å². The molecule has 182 valence electrons. The van der Waals surface area contributed by atoms with Crippen LogP contribution in [0.15, 0.2) is 36.4 Å². The molecule has 1 aliphatic carbocycles. The molecular weight excluding hydrogens is 476 g/mol. The highest BCUT2D eigenvalue weighted by atomic mass is 35.5. The van der Waals surface area contributed by atoms with Crippen LogP contribution in [0.2, 0.25) is 4.34 Å². The van der Waals surface area contributed by atoms with Crippen molar-refractivity contribution in [3.05, 3.63) is 57.6 Å². The van der Waals surface area contributed by atoms with E-state index in [9.17, 15) is 19.8 Å². The van der Waals surface area contributed by atoms with E-state index in [2.05, 4.69) is 15.6 Å². The van der Waals surface area contributed by atoms with Gasteiger partial charge in [-0.05, 0) is 43.5 Å². The third-order valence-electron chi connectivity index (χ3n) is 5.80. The van der Waals surface area contributed by atoms with Gasteiger partial charge in [-0.3, -0.25) is 14.5 Å². The van der Waals surface area contributed by atoms with Crippen molar-refractivity contribution in [2.45, 2.75) is 44.6 Å². The number of benzene rings is 1. The maximum absolute atomic E-state index is 13.0. The van der Waals surface area contributed by atoms with Crippen molar-refractivity contribution in [1.82, 2.24) is 20.5 Å². The summed E-state index contributed by atoms with van der Waals surface area (Å²) in [7, 11) is 0. The first-order valence-electron chi connectivity index (χ1n) is 11.2. The topological polar surface area (TPSA) is 118 Å². The number of H-pyrrole nitrogens is 1. The number of rotatable bonds is 9. The summed E-state index contributed by atoms with van der Waals surface area (Å²) in [6.45, 7) is 3.86. The normalized spacial score (nSPS) is 19.2. The molecule has 2 amide bonds. The number of aromatic nitrogens is 1. The van der Waals surface area contributed by atoms with Gasteiger partial charge in [-0.25, -0.2) is 0 Å². The summed E-state index contributed by atoms with van der Waals surface area (Å²) in [5.74, 6) is -0.487. The van der Waals surface area contributed by atoms with Gasteiger partial charge in [0.15, 0.2) is 0 Å². The predicted octanol–water partition coefficient (Wildman–Crippen LogP) is 2.46. The Morgan fingerprint density at radius 1 is 1.18 bits per heavy atom. The number of hydrogen-bond acceptors (Lipinski definition) is 6. The van der Waals surface area contributed by atoms with E-state index in [1.807, 2.05) is 30.3 Å². The number of hydrogen-bond donors (Lipinski definition) is 5. The maximum atomic E-state index is 13.0. The number of aliphatic hydroxyl groups excluding tert-OH is 2. The molecule has 5 N–H and O–H groups in total. The first kappa shape index (κ1) is 24.7. The summed E-state index contributed by atoms with van der Waals surface area (Å²) in [6, 6.07) is 10.7. The molecule has 1 aromatic carbocycles. The quantitative estimate of drug-likeness (QED) is 0.307. The molecule has 2 aromatic heterocycles. The van der Waals surface area contributed by atoms with Gasteiger partial charge in [-0.1, -0.05) is 35.9 Å². The van der Waals surface area contributed by atoms with Crippen molar-refractivity contribution in [1.29, 1.82) is 0 Å². The van der Waals surface area contributed by atoms with Crippen LogP contribution in [0.4, 0.5) is 0 Å². The van der Waals surface area contributed by atoms with Crippen LogP contribution in [0, 0.1) is 0 Å². The second-order valence-electron chi connectivity index (χ2n) is 8.94. The molecule has 0 saturated carbocycles. The Kier molecular flexibility index (Phi) is 7.59. The van der Waals surface area contributed by atoms with Crippen LogP contribution in [-0.4, -0.2) is 69.8 Å². The lowest BCUT2D eigenvalue weighted by molar-refractivity contribution is -0.123. The van der Waals surface area contributed by atoms with Gasteiger partial charge < -0.3 is 25.8 Å². The molecule has 8 nitrogen and oxygen atoms in total. The summed E-state index contributed by atoms with van der Waals surface area (Å²) in [5, 5.41) is 26.5. The standard InChI is InChI=1S/C24H29ClN4O4S/c1-13(30)10-29(11-14(2)31)12-21(32)28-22-17-6-4-3-5-15(17)7-18(22)26-23(33)19-8-16-9-20(25)34-24(16)27-19/h3-6,8-9,13-14,18,22,27,30-31H,7,10-12H2,1-2H3,(H,26,33)(H,28,32)/t13?,14?,18-,22-/m1/s1. The fourth-order valence-electron chi connectivity index (χ4n) is 4.54. The molecule has 34 heavy (non-hydrogen) atoms. The number of carbonyl (C=O) groups excluding carboxylic acids is 2. The van der Waals surface area contributed by atoms with E-state index >= 15 is 0 Å². The fourth-order valence-corrected chi connectivity index (χ4v) is 5.67. The second-order valence-corrected chi connectivity index (χ2v) is 10.6. The van der Waals surface area contributed by atoms with Crippen LogP contribution in [-0.2, 0) is 11.2 Å². The number of fused-ring (bicyclic) bond motifs is 2. The summed E-state index contributed by atoms with van der Waals surface area (Å²) >= 11 is 7.41. The molecular formula is C24H29ClN4O4S. The molecule has 0 fully saturated rings. The van der Waals surface area contributed by atoms with E-state index in [1.54, 1.807) is 24.8 Å². The maximum Gasteiger partial charge on any atom is 0.268 e. The van der Waals surface area contributed by atoms with Crippen molar-refractivity contribution < 1.29 is 19.8 Å². The van der Waals surface area contributed by atoms with Crippen molar-refractivity contribution >= 4 is 45.0 Å². The monoisotopic (exact) mass is 504 g/mol. The SMILES string of the molecule is CC(O)CN(CC(=O)N[C@@H]1c2ccccc2C[C@H]1NC(=O)c1cc2cc(Cl)sc2[nH]1)CC(C)O. The molecule has 3 aromatic rings. The van der Waals surface area contributed by atoms with Crippen molar-refractivity contribution in [2.75, 3.05) is 19.6 Å². The molecule has 0 aliphatic heterocycles. The molecule has 2 unspecified atom stereocenters. The van der Waals surface area contributed by atoms with Crippen molar-refractivity contribution in [3.63, 3.8) is 0 Å². The Morgan fingerprint density at radius 2 is 1.88 bits per heavy atom. The van der Waals surface area contributed by atoms with E-state index < -0.39 is 18.2 Å². The average Bonchev–Trinajstić information content (AvgIpc) is 3.38. The second kappa shape index (κ2) is 10.5. The smallest absolute Gasteiger partial charge is 0.268 e. The van der Waals surface area contributed by atoms with E-state index in [0.29, 0.717) is 16.5 Å². The number of nitrogens with one attached hydrogen (secondary N) is 3. The number of carbonyl (C=O) groups is 2. The Hall–Kier alpha value is -2.43. The van der Waals surface area contributed by atoms with Gasteiger partial charge in [0.25, 0.3) is 5.91 Å². The van der Waals surface area contributed by atoms with E-state index in [-0.39, 0.29) is 37.5 Å². The largest absolute Gasteiger partial charge is 0.392 e. The molecule has 0 saturated heterocycles. The van der Waals surface area contributed by atoms with Crippen LogP contribution in [0.25, 0.3) is 10.2 Å². The van der Waals surface area contributed by atoms with Gasteiger partial charge in [-0.2, -0.15) is 0 Å². The van der Waals surface area contributed by atoms with Crippen LogP contribution in [0.1, 0.15) is 41.5 Å². The molecule has 0 radical (unpaired) electrons. The minimum absolute atomic E-state index is 0.0306. The van der Waals surface area contributed by atoms with Gasteiger partial charge in [0.05, 0.1) is 35.2 Å². The Balaban J connectivity index is 1.48. The average molecular weight is 505 g/mol. The molecule has 4 rings (SSSR count). The Bertz CT molecular complexity index is 1130. The van der Waals surface area contributed by atoms with Crippen LogP contribution >= 0.6 is 22.9 Å². The molecule has 4 atom stereocenters. The lowest BCUT2D eigenvalue weighted by Crippen LogP contribution is -2.48. The van der Waals surface area contributed by atoms with E-state index in [0.717, 1.165) is 21.3 Å². The number of aliphatic hydroxyl groups is 2. The van der Waals surface area contributed by atoms with Gasteiger partial charge >= 0.3 is 0 Å². The predicted molar refractivity (Wildman–Crippen MR) is 133 cm³/mol. The zero-order chi connectivity index (χ0) is 24.4. The Labute approximate surface area is 206 Å². The molecule has 10 heteroatoms.